The minimum Gasteiger partial charge on any atom is -0.381 e. The number of hydrogen-bond acceptors (Lipinski definition) is 5. The van der Waals surface area contributed by atoms with E-state index in [2.05, 4.69) is 10.2 Å². The highest BCUT2D eigenvalue weighted by atomic mass is 32.2. The predicted molar refractivity (Wildman–Crippen MR) is 108 cm³/mol. The van der Waals surface area contributed by atoms with Gasteiger partial charge in [-0.05, 0) is 44.7 Å². The van der Waals surface area contributed by atoms with Crippen molar-refractivity contribution in [2.24, 2.45) is 0 Å². The maximum absolute atomic E-state index is 12.8. The molecular weight excluding hydrogens is 364 g/mol. The Kier molecular flexibility index (Phi) is 6.76. The van der Waals surface area contributed by atoms with Crippen LogP contribution in [0.4, 0.5) is 11.4 Å². The highest BCUT2D eigenvalue weighted by Crippen LogP contribution is 2.29. The van der Waals surface area contributed by atoms with Gasteiger partial charge in [0.15, 0.2) is 9.84 Å². The van der Waals surface area contributed by atoms with Crippen molar-refractivity contribution in [1.29, 1.82) is 0 Å². The number of ether oxygens (including phenoxy) is 1. The van der Waals surface area contributed by atoms with E-state index < -0.39 is 26.2 Å². The minimum absolute atomic E-state index is 0.441. The quantitative estimate of drug-likeness (QED) is 0.831. The van der Waals surface area contributed by atoms with Gasteiger partial charge in [-0.3, -0.25) is 4.79 Å². The Bertz CT molecular complexity index is 736. The first kappa shape index (κ1) is 20.1. The maximum Gasteiger partial charge on any atom is 0.242 e. The monoisotopic (exact) mass is 394 g/mol. The first-order valence-corrected chi connectivity index (χ1v) is 11.6. The number of anilines is 2. The lowest BCUT2D eigenvalue weighted by molar-refractivity contribution is -0.115. The topological polar surface area (TPSA) is 75.7 Å². The Labute approximate surface area is 162 Å². The third-order valence-corrected chi connectivity index (χ3v) is 8.20. The molecule has 0 aliphatic carbocycles. The SMILES string of the molecule is C[C@H](C(=O)Nc1ccccc1N1CCCCCC1)S(=O)(=O)C1CCOCC1. The van der Waals surface area contributed by atoms with Gasteiger partial charge in [-0.25, -0.2) is 8.42 Å². The standard InChI is InChI=1S/C20H30N2O4S/c1-16(27(24,25)17-10-14-26-15-11-17)20(23)21-18-8-4-5-9-19(18)22-12-6-2-3-7-13-22/h4-5,8-9,16-17H,2-3,6-7,10-15H2,1H3,(H,21,23)/t16-/m1/s1. The summed E-state index contributed by atoms with van der Waals surface area (Å²) in [6.45, 7) is 4.30. The second-order valence-electron chi connectivity index (χ2n) is 7.45. The molecule has 1 N–H and O–H groups in total. The Morgan fingerprint density at radius 1 is 1.11 bits per heavy atom. The maximum atomic E-state index is 12.8. The van der Waals surface area contributed by atoms with Crippen molar-refractivity contribution in [2.45, 2.75) is 55.9 Å². The first-order chi connectivity index (χ1) is 13.0. The van der Waals surface area contributed by atoms with E-state index in [9.17, 15) is 13.2 Å². The van der Waals surface area contributed by atoms with E-state index in [-0.39, 0.29) is 0 Å². The van der Waals surface area contributed by atoms with Crippen molar-refractivity contribution in [2.75, 3.05) is 36.5 Å². The second kappa shape index (κ2) is 9.06. The number of carbonyl (C=O) groups excluding carboxylic acids is 1. The molecule has 1 aromatic carbocycles. The molecule has 1 amide bonds. The number of benzene rings is 1. The van der Waals surface area contributed by atoms with Gasteiger partial charge in [0.1, 0.15) is 5.25 Å². The van der Waals surface area contributed by atoms with Crippen molar-refractivity contribution in [3.63, 3.8) is 0 Å². The fraction of sp³-hybridized carbons (Fsp3) is 0.650. The van der Waals surface area contributed by atoms with Crippen LogP contribution in [0.2, 0.25) is 0 Å². The van der Waals surface area contributed by atoms with Crippen LogP contribution in [0, 0.1) is 0 Å². The molecule has 2 heterocycles. The van der Waals surface area contributed by atoms with Crippen molar-refractivity contribution in [1.82, 2.24) is 0 Å². The summed E-state index contributed by atoms with van der Waals surface area (Å²) in [5, 5.41) is 1.32. The van der Waals surface area contributed by atoms with Crippen molar-refractivity contribution in [3.05, 3.63) is 24.3 Å². The molecule has 2 aliphatic rings. The van der Waals surface area contributed by atoms with Crippen LogP contribution in [0.1, 0.15) is 45.4 Å². The summed E-state index contributed by atoms with van der Waals surface area (Å²) < 4.78 is 30.9. The van der Waals surface area contributed by atoms with E-state index in [0.29, 0.717) is 31.7 Å². The van der Waals surface area contributed by atoms with Crippen LogP contribution < -0.4 is 10.2 Å². The molecule has 3 rings (SSSR count). The van der Waals surface area contributed by atoms with Gasteiger partial charge in [0.2, 0.25) is 5.91 Å². The lowest BCUT2D eigenvalue weighted by Crippen LogP contribution is -2.41. The summed E-state index contributed by atoms with van der Waals surface area (Å²) in [7, 11) is -3.53. The molecule has 6 nitrogen and oxygen atoms in total. The third-order valence-electron chi connectivity index (χ3n) is 5.60. The summed E-state index contributed by atoms with van der Waals surface area (Å²) in [4.78, 5) is 15.1. The van der Waals surface area contributed by atoms with E-state index in [0.717, 1.165) is 31.6 Å². The van der Waals surface area contributed by atoms with E-state index in [1.54, 1.807) is 0 Å². The smallest absolute Gasteiger partial charge is 0.242 e. The van der Waals surface area contributed by atoms with Gasteiger partial charge in [0, 0.05) is 26.3 Å². The zero-order valence-electron chi connectivity index (χ0n) is 16.0. The molecular formula is C20H30N2O4S. The van der Waals surface area contributed by atoms with Crippen LogP contribution in [0.5, 0.6) is 0 Å². The molecule has 150 valence electrons. The normalized spacial score (nSPS) is 20.7. The molecule has 2 aliphatic heterocycles. The molecule has 0 aromatic heterocycles. The van der Waals surface area contributed by atoms with Crippen LogP contribution in [0.15, 0.2) is 24.3 Å². The van der Waals surface area contributed by atoms with Gasteiger partial charge in [-0.15, -0.1) is 0 Å². The van der Waals surface area contributed by atoms with Crippen molar-refractivity contribution in [3.8, 4) is 0 Å². The van der Waals surface area contributed by atoms with Crippen LogP contribution in [0.25, 0.3) is 0 Å². The minimum atomic E-state index is -3.53. The molecule has 0 bridgehead atoms. The summed E-state index contributed by atoms with van der Waals surface area (Å²) in [6, 6.07) is 7.68. The molecule has 1 aromatic rings. The average Bonchev–Trinajstić information content (AvgIpc) is 2.98. The lowest BCUT2D eigenvalue weighted by Gasteiger charge is -2.27. The number of carbonyl (C=O) groups is 1. The number of sulfone groups is 1. The Morgan fingerprint density at radius 3 is 2.41 bits per heavy atom. The van der Waals surface area contributed by atoms with E-state index >= 15 is 0 Å². The molecule has 0 spiro atoms. The van der Waals surface area contributed by atoms with Crippen molar-refractivity contribution >= 4 is 27.1 Å². The number of nitrogens with zero attached hydrogens (tertiary/aromatic N) is 1. The van der Waals surface area contributed by atoms with Gasteiger partial charge >= 0.3 is 0 Å². The van der Waals surface area contributed by atoms with Gasteiger partial charge < -0.3 is 15.0 Å². The molecule has 1 atom stereocenters. The van der Waals surface area contributed by atoms with Crippen LogP contribution in [-0.4, -0.2) is 51.1 Å². The fourth-order valence-electron chi connectivity index (χ4n) is 3.84. The average molecular weight is 395 g/mol. The van der Waals surface area contributed by atoms with E-state index in [4.69, 9.17) is 4.74 Å². The number of rotatable bonds is 5. The molecule has 7 heteroatoms. The van der Waals surface area contributed by atoms with Crippen molar-refractivity contribution < 1.29 is 17.9 Å². The number of hydrogen-bond donors (Lipinski definition) is 1. The van der Waals surface area contributed by atoms with Gasteiger partial charge in [0.25, 0.3) is 0 Å². The predicted octanol–water partition coefficient (Wildman–Crippen LogP) is 2.99. The summed E-state index contributed by atoms with van der Waals surface area (Å²) in [5.41, 5.74) is 1.67. The van der Waals surface area contributed by atoms with Crippen LogP contribution in [0.3, 0.4) is 0 Å². The summed E-state index contributed by atoms with van der Waals surface area (Å²) >= 11 is 0. The molecule has 0 unspecified atom stereocenters. The highest BCUT2D eigenvalue weighted by Gasteiger charge is 2.36. The summed E-state index contributed by atoms with van der Waals surface area (Å²) in [6.07, 6.45) is 5.65. The Hall–Kier alpha value is -1.60. The Morgan fingerprint density at radius 2 is 1.74 bits per heavy atom. The third kappa shape index (κ3) is 4.82. The molecule has 27 heavy (non-hydrogen) atoms. The number of nitrogens with one attached hydrogen (secondary N) is 1. The van der Waals surface area contributed by atoms with Crippen LogP contribution >= 0.6 is 0 Å². The second-order valence-corrected chi connectivity index (χ2v) is 10.0. The number of amides is 1. The zero-order valence-corrected chi connectivity index (χ0v) is 16.8. The van der Waals surface area contributed by atoms with Gasteiger partial charge in [0.05, 0.1) is 16.6 Å². The van der Waals surface area contributed by atoms with E-state index in [1.165, 1.54) is 19.8 Å². The molecule has 0 radical (unpaired) electrons. The fourth-order valence-corrected chi connectivity index (χ4v) is 5.63. The largest absolute Gasteiger partial charge is 0.381 e. The molecule has 0 saturated carbocycles. The lowest BCUT2D eigenvalue weighted by atomic mass is 10.2. The van der Waals surface area contributed by atoms with Gasteiger partial charge in [-0.2, -0.15) is 0 Å². The first-order valence-electron chi connectivity index (χ1n) is 9.95. The van der Waals surface area contributed by atoms with Crippen LogP contribution in [-0.2, 0) is 19.4 Å². The highest BCUT2D eigenvalue weighted by molar-refractivity contribution is 7.93. The Balaban J connectivity index is 1.73. The van der Waals surface area contributed by atoms with Gasteiger partial charge in [-0.1, -0.05) is 25.0 Å². The number of para-hydroxylation sites is 2. The molecule has 2 fully saturated rings. The van der Waals surface area contributed by atoms with E-state index in [1.807, 2.05) is 24.3 Å². The summed E-state index contributed by atoms with van der Waals surface area (Å²) in [5.74, 6) is -0.455. The molecule has 2 saturated heterocycles. The zero-order chi connectivity index (χ0) is 19.3.